The molecule has 1 unspecified atom stereocenters. The molecule has 3 aromatic carbocycles. The number of carbonyl (C=O) groups excluding carboxylic acids is 2. The summed E-state index contributed by atoms with van der Waals surface area (Å²) in [7, 11) is 0. The van der Waals surface area contributed by atoms with Crippen LogP contribution < -0.4 is 9.64 Å². The van der Waals surface area contributed by atoms with Gasteiger partial charge in [-0.1, -0.05) is 48.5 Å². The van der Waals surface area contributed by atoms with E-state index in [2.05, 4.69) is 0 Å². The Morgan fingerprint density at radius 2 is 1.66 bits per heavy atom. The molecule has 0 fully saturated rings. The molecule has 6 heteroatoms. The molecular weight excluding hydrogens is 409 g/mol. The number of amides is 1. The number of hydrogen-bond donors (Lipinski definition) is 0. The molecule has 5 rings (SSSR count). The summed E-state index contributed by atoms with van der Waals surface area (Å²) >= 11 is 0. The molecular formula is C26H20FNO4. The van der Waals surface area contributed by atoms with Gasteiger partial charge in [0.1, 0.15) is 24.8 Å². The van der Waals surface area contributed by atoms with Gasteiger partial charge in [-0.05, 0) is 35.9 Å². The quantitative estimate of drug-likeness (QED) is 0.550. The first-order valence-corrected chi connectivity index (χ1v) is 10.4. The fourth-order valence-corrected chi connectivity index (χ4v) is 4.19. The van der Waals surface area contributed by atoms with E-state index in [0.29, 0.717) is 22.6 Å². The van der Waals surface area contributed by atoms with E-state index in [1.54, 1.807) is 35.2 Å². The van der Waals surface area contributed by atoms with Crippen LogP contribution in [0.3, 0.4) is 0 Å². The largest absolute Gasteiger partial charge is 0.489 e. The SMILES string of the molecule is O=C1OCC2=C1C(c1ccc(OCc3ccccc3F)cc1)CC(=O)N2c1ccccc1. The normalized spacial score (nSPS) is 17.9. The first-order chi connectivity index (χ1) is 15.6. The molecule has 2 heterocycles. The maximum Gasteiger partial charge on any atom is 0.336 e. The van der Waals surface area contributed by atoms with Crippen molar-refractivity contribution in [1.29, 1.82) is 0 Å². The van der Waals surface area contributed by atoms with Crippen molar-refractivity contribution in [3.8, 4) is 5.75 Å². The summed E-state index contributed by atoms with van der Waals surface area (Å²) in [5.41, 5.74) is 3.14. The molecule has 1 atom stereocenters. The predicted molar refractivity (Wildman–Crippen MR) is 116 cm³/mol. The monoisotopic (exact) mass is 429 g/mol. The van der Waals surface area contributed by atoms with E-state index < -0.39 is 5.97 Å². The molecule has 0 aliphatic carbocycles. The predicted octanol–water partition coefficient (Wildman–Crippen LogP) is 4.74. The minimum absolute atomic E-state index is 0.0785. The van der Waals surface area contributed by atoms with Gasteiger partial charge in [0.2, 0.25) is 5.91 Å². The van der Waals surface area contributed by atoms with E-state index >= 15 is 0 Å². The molecule has 160 valence electrons. The molecule has 1 amide bonds. The Morgan fingerprint density at radius 1 is 0.938 bits per heavy atom. The molecule has 5 nitrogen and oxygen atoms in total. The Kier molecular flexibility index (Phi) is 5.19. The van der Waals surface area contributed by atoms with Crippen LogP contribution in [0.4, 0.5) is 10.1 Å². The Balaban J connectivity index is 1.40. The lowest BCUT2D eigenvalue weighted by Crippen LogP contribution is -2.37. The maximum absolute atomic E-state index is 13.8. The first-order valence-electron chi connectivity index (χ1n) is 10.4. The molecule has 2 aliphatic rings. The number of ether oxygens (including phenoxy) is 2. The van der Waals surface area contributed by atoms with Gasteiger partial charge in [-0.15, -0.1) is 0 Å². The average molecular weight is 429 g/mol. The molecule has 0 spiro atoms. The third-order valence-electron chi connectivity index (χ3n) is 5.77. The second-order valence-electron chi connectivity index (χ2n) is 7.71. The molecule has 0 radical (unpaired) electrons. The van der Waals surface area contributed by atoms with Gasteiger partial charge in [0.25, 0.3) is 0 Å². The highest BCUT2D eigenvalue weighted by Gasteiger charge is 2.42. The van der Waals surface area contributed by atoms with Gasteiger partial charge >= 0.3 is 5.97 Å². The molecule has 0 bridgehead atoms. The van der Waals surface area contributed by atoms with Gasteiger partial charge < -0.3 is 9.47 Å². The summed E-state index contributed by atoms with van der Waals surface area (Å²) in [6, 6.07) is 22.9. The van der Waals surface area contributed by atoms with Crippen LogP contribution in [0.25, 0.3) is 0 Å². The summed E-state index contributed by atoms with van der Waals surface area (Å²) in [6.07, 6.45) is 0.165. The molecule has 3 aromatic rings. The number of para-hydroxylation sites is 1. The lowest BCUT2D eigenvalue weighted by atomic mass is 9.84. The van der Waals surface area contributed by atoms with Gasteiger partial charge in [0.15, 0.2) is 0 Å². The van der Waals surface area contributed by atoms with Crippen molar-refractivity contribution in [1.82, 2.24) is 0 Å². The van der Waals surface area contributed by atoms with Crippen molar-refractivity contribution in [2.24, 2.45) is 0 Å². The highest BCUT2D eigenvalue weighted by Crippen LogP contribution is 2.42. The maximum atomic E-state index is 13.8. The average Bonchev–Trinajstić information content (AvgIpc) is 3.20. The van der Waals surface area contributed by atoms with Crippen LogP contribution in [0.5, 0.6) is 5.75 Å². The van der Waals surface area contributed by atoms with Gasteiger partial charge in [-0.3, -0.25) is 9.69 Å². The minimum atomic E-state index is -0.390. The van der Waals surface area contributed by atoms with E-state index in [-0.39, 0.29) is 37.3 Å². The Hall–Kier alpha value is -3.93. The number of hydrogen-bond acceptors (Lipinski definition) is 4. The van der Waals surface area contributed by atoms with Crippen molar-refractivity contribution < 1.29 is 23.5 Å². The second-order valence-corrected chi connectivity index (χ2v) is 7.71. The third-order valence-corrected chi connectivity index (χ3v) is 5.77. The van der Waals surface area contributed by atoms with Gasteiger partial charge in [-0.2, -0.15) is 0 Å². The van der Waals surface area contributed by atoms with Crippen molar-refractivity contribution in [2.45, 2.75) is 18.9 Å². The van der Waals surface area contributed by atoms with Gasteiger partial charge in [0, 0.05) is 23.6 Å². The molecule has 0 N–H and O–H groups in total. The lowest BCUT2D eigenvalue weighted by molar-refractivity contribution is -0.136. The van der Waals surface area contributed by atoms with Crippen molar-refractivity contribution >= 4 is 17.6 Å². The number of nitrogens with zero attached hydrogens (tertiary/aromatic N) is 1. The van der Waals surface area contributed by atoms with Crippen molar-refractivity contribution in [3.63, 3.8) is 0 Å². The number of anilines is 1. The smallest absolute Gasteiger partial charge is 0.336 e. The Morgan fingerprint density at radius 3 is 2.41 bits per heavy atom. The van der Waals surface area contributed by atoms with Crippen LogP contribution in [-0.4, -0.2) is 18.5 Å². The summed E-state index contributed by atoms with van der Waals surface area (Å²) in [6.45, 7) is 0.191. The van der Waals surface area contributed by atoms with Crippen LogP contribution in [0, 0.1) is 5.82 Å². The Labute approximate surface area is 184 Å². The summed E-state index contributed by atoms with van der Waals surface area (Å²) in [5.74, 6) is -0.593. The fraction of sp³-hybridized carbons (Fsp3) is 0.154. The molecule has 2 aliphatic heterocycles. The number of halogens is 1. The third kappa shape index (κ3) is 3.64. The standard InChI is InChI=1S/C26H20FNO4/c27-22-9-5-4-6-18(22)15-31-20-12-10-17(11-13-20)21-14-24(29)28(19-7-2-1-3-8-19)23-16-32-26(30)25(21)23/h1-13,21H,14-16H2. The first kappa shape index (κ1) is 20.0. The van der Waals surface area contributed by atoms with Crippen LogP contribution in [0.15, 0.2) is 90.1 Å². The van der Waals surface area contributed by atoms with Gasteiger partial charge in [0.05, 0.1) is 11.3 Å². The number of benzene rings is 3. The molecule has 32 heavy (non-hydrogen) atoms. The van der Waals surface area contributed by atoms with E-state index in [0.717, 1.165) is 11.3 Å². The second kappa shape index (κ2) is 8.30. The van der Waals surface area contributed by atoms with Crippen molar-refractivity contribution in [3.05, 3.63) is 107 Å². The van der Waals surface area contributed by atoms with Crippen LogP contribution >= 0.6 is 0 Å². The summed E-state index contributed by atoms with van der Waals surface area (Å²) in [5, 5.41) is 0. The highest BCUT2D eigenvalue weighted by molar-refractivity contribution is 6.06. The zero-order valence-corrected chi connectivity index (χ0v) is 17.2. The van der Waals surface area contributed by atoms with E-state index in [4.69, 9.17) is 9.47 Å². The lowest BCUT2D eigenvalue weighted by Gasteiger charge is -2.31. The molecule has 0 saturated carbocycles. The molecule has 0 aromatic heterocycles. The summed E-state index contributed by atoms with van der Waals surface area (Å²) in [4.78, 5) is 27.2. The van der Waals surface area contributed by atoms with E-state index in [9.17, 15) is 14.0 Å². The molecule has 0 saturated heterocycles. The topological polar surface area (TPSA) is 55.8 Å². The zero-order valence-electron chi connectivity index (χ0n) is 17.2. The Bertz CT molecular complexity index is 1200. The van der Waals surface area contributed by atoms with Crippen LogP contribution in [0.1, 0.15) is 23.5 Å². The van der Waals surface area contributed by atoms with Crippen LogP contribution in [-0.2, 0) is 20.9 Å². The van der Waals surface area contributed by atoms with E-state index in [1.165, 1.54) is 6.07 Å². The van der Waals surface area contributed by atoms with Crippen LogP contribution in [0.2, 0.25) is 0 Å². The minimum Gasteiger partial charge on any atom is -0.489 e. The number of esters is 1. The van der Waals surface area contributed by atoms with Gasteiger partial charge in [-0.25, -0.2) is 9.18 Å². The number of rotatable bonds is 5. The number of cyclic esters (lactones) is 1. The number of carbonyl (C=O) groups is 2. The van der Waals surface area contributed by atoms with Crippen molar-refractivity contribution in [2.75, 3.05) is 11.5 Å². The zero-order chi connectivity index (χ0) is 22.1. The fourth-order valence-electron chi connectivity index (χ4n) is 4.19. The van der Waals surface area contributed by atoms with E-state index in [1.807, 2.05) is 42.5 Å². The summed E-state index contributed by atoms with van der Waals surface area (Å²) < 4.78 is 24.8. The highest BCUT2D eigenvalue weighted by atomic mass is 19.1.